The lowest BCUT2D eigenvalue weighted by Gasteiger charge is -2.07. The number of imidazole rings is 1. The van der Waals surface area contributed by atoms with Crippen molar-refractivity contribution in [1.29, 1.82) is 0 Å². The van der Waals surface area contributed by atoms with Crippen LogP contribution in [0.15, 0.2) is 46.7 Å². The highest BCUT2D eigenvalue weighted by molar-refractivity contribution is 7.84. The summed E-state index contributed by atoms with van der Waals surface area (Å²) >= 11 is 5.59. The maximum absolute atomic E-state index is 12.4. The number of aliphatic imine (C=N–C) groups is 1. The minimum absolute atomic E-state index is 0.190. The summed E-state index contributed by atoms with van der Waals surface area (Å²) in [4.78, 5) is 9.03. The third-order valence-corrected chi connectivity index (χ3v) is 4.68. The van der Waals surface area contributed by atoms with Gasteiger partial charge in [0.15, 0.2) is 0 Å². The van der Waals surface area contributed by atoms with E-state index in [1.165, 1.54) is 0 Å². The molecule has 0 saturated heterocycles. The zero-order chi connectivity index (χ0) is 15.9. The molecule has 0 bridgehead atoms. The highest BCUT2D eigenvalue weighted by Crippen LogP contribution is 2.18. The van der Waals surface area contributed by atoms with E-state index in [9.17, 15) is 4.21 Å². The molecule has 0 aliphatic carbocycles. The lowest BCUT2D eigenvalue weighted by Crippen LogP contribution is -2.12. The number of aryl methyl sites for hydroxylation is 1. The summed E-state index contributed by atoms with van der Waals surface area (Å²) < 4.78 is 14.5. The monoisotopic (exact) mass is 338 g/mol. The Morgan fingerprint density at radius 3 is 2.77 bits per heavy atom. The SMILES string of the molecule is CCCn1cncc1CS(=O)c1ccc(N=C(N)CCl)cc1. The number of aromatic nitrogens is 2. The van der Waals surface area contributed by atoms with Crippen LogP contribution in [0, 0.1) is 0 Å². The number of amidine groups is 1. The first-order valence-corrected chi connectivity index (χ1v) is 8.85. The number of hydrogen-bond donors (Lipinski definition) is 1. The predicted octanol–water partition coefficient (Wildman–Crippen LogP) is 2.83. The number of rotatable bonds is 7. The summed E-state index contributed by atoms with van der Waals surface area (Å²) in [5.74, 6) is 1.00. The fraction of sp³-hybridized carbons (Fsp3) is 0.333. The second-order valence-electron chi connectivity index (χ2n) is 4.80. The van der Waals surface area contributed by atoms with Gasteiger partial charge >= 0.3 is 0 Å². The van der Waals surface area contributed by atoms with Crippen LogP contribution in [0.2, 0.25) is 0 Å². The van der Waals surface area contributed by atoms with Gasteiger partial charge in [-0.2, -0.15) is 0 Å². The minimum Gasteiger partial charge on any atom is -0.386 e. The van der Waals surface area contributed by atoms with E-state index in [4.69, 9.17) is 17.3 Å². The molecule has 0 aliphatic heterocycles. The molecule has 5 nitrogen and oxygen atoms in total. The summed E-state index contributed by atoms with van der Waals surface area (Å²) in [6.07, 6.45) is 4.57. The molecule has 1 atom stereocenters. The fourth-order valence-corrected chi connectivity index (χ4v) is 3.17. The lowest BCUT2D eigenvalue weighted by molar-refractivity contribution is 0.652. The molecule has 22 heavy (non-hydrogen) atoms. The van der Waals surface area contributed by atoms with Crippen molar-refractivity contribution in [2.24, 2.45) is 10.7 Å². The molecule has 1 heterocycles. The van der Waals surface area contributed by atoms with Gasteiger partial charge in [-0.1, -0.05) is 6.92 Å². The van der Waals surface area contributed by atoms with Gasteiger partial charge in [-0.3, -0.25) is 4.21 Å². The number of nitrogens with zero attached hydrogens (tertiary/aromatic N) is 3. The highest BCUT2D eigenvalue weighted by Gasteiger charge is 2.09. The van der Waals surface area contributed by atoms with Crippen LogP contribution in [-0.4, -0.2) is 25.5 Å². The Kier molecular flexibility index (Phi) is 6.15. The normalized spacial score (nSPS) is 13.3. The van der Waals surface area contributed by atoms with E-state index < -0.39 is 10.8 Å². The zero-order valence-electron chi connectivity index (χ0n) is 12.4. The van der Waals surface area contributed by atoms with Crippen molar-refractivity contribution in [1.82, 2.24) is 9.55 Å². The Morgan fingerprint density at radius 1 is 1.41 bits per heavy atom. The molecule has 0 radical (unpaired) electrons. The van der Waals surface area contributed by atoms with Crippen LogP contribution in [0.3, 0.4) is 0 Å². The first-order valence-electron chi connectivity index (χ1n) is 7.00. The minimum atomic E-state index is -1.12. The van der Waals surface area contributed by atoms with Crippen LogP contribution in [0.5, 0.6) is 0 Å². The maximum Gasteiger partial charge on any atom is 0.115 e. The van der Waals surface area contributed by atoms with Gasteiger partial charge in [-0.15, -0.1) is 11.6 Å². The van der Waals surface area contributed by atoms with Crippen LogP contribution in [-0.2, 0) is 23.1 Å². The Labute approximate surface area is 137 Å². The molecule has 2 aromatic rings. The van der Waals surface area contributed by atoms with Gasteiger partial charge in [0.05, 0.1) is 40.1 Å². The van der Waals surface area contributed by atoms with E-state index in [1.54, 1.807) is 36.8 Å². The molecule has 1 unspecified atom stereocenters. The Morgan fingerprint density at radius 2 is 2.14 bits per heavy atom. The van der Waals surface area contributed by atoms with Crippen molar-refractivity contribution in [3.63, 3.8) is 0 Å². The van der Waals surface area contributed by atoms with Gasteiger partial charge in [0.25, 0.3) is 0 Å². The molecule has 0 saturated carbocycles. The van der Waals surface area contributed by atoms with Crippen LogP contribution >= 0.6 is 11.6 Å². The standard InChI is InChI=1S/C15H19ClN4OS/c1-2-7-20-11-18-9-13(20)10-22(21)14-5-3-12(4-6-14)19-15(17)8-16/h3-6,9,11H,2,7-8,10H2,1H3,(H2,17,19). The third kappa shape index (κ3) is 4.42. The summed E-state index contributed by atoms with van der Waals surface area (Å²) in [7, 11) is -1.12. The molecule has 1 aromatic carbocycles. The lowest BCUT2D eigenvalue weighted by atomic mass is 10.3. The van der Waals surface area contributed by atoms with Gasteiger partial charge in [0.1, 0.15) is 5.84 Å². The summed E-state index contributed by atoms with van der Waals surface area (Å²) in [5.41, 5.74) is 7.27. The van der Waals surface area contributed by atoms with Crippen LogP contribution in [0.4, 0.5) is 5.69 Å². The molecule has 0 amide bonds. The van der Waals surface area contributed by atoms with Gasteiger partial charge < -0.3 is 10.3 Å². The molecule has 0 fully saturated rings. The van der Waals surface area contributed by atoms with E-state index >= 15 is 0 Å². The van der Waals surface area contributed by atoms with Gasteiger partial charge in [0, 0.05) is 17.6 Å². The summed E-state index contributed by atoms with van der Waals surface area (Å²) in [5, 5.41) is 0. The Bertz CT molecular complexity index is 666. The third-order valence-electron chi connectivity index (χ3n) is 3.05. The molecular formula is C15H19ClN4OS. The fourth-order valence-electron chi connectivity index (χ4n) is 2.00. The first-order chi connectivity index (χ1) is 10.6. The van der Waals surface area contributed by atoms with Crippen molar-refractivity contribution in [2.75, 3.05) is 5.88 Å². The van der Waals surface area contributed by atoms with E-state index in [1.807, 2.05) is 4.57 Å². The maximum atomic E-state index is 12.4. The second-order valence-corrected chi connectivity index (χ2v) is 6.52. The predicted molar refractivity (Wildman–Crippen MR) is 91.1 cm³/mol. The van der Waals surface area contributed by atoms with Crippen molar-refractivity contribution >= 4 is 33.9 Å². The largest absolute Gasteiger partial charge is 0.386 e. The van der Waals surface area contributed by atoms with Gasteiger partial charge in [0.2, 0.25) is 0 Å². The van der Waals surface area contributed by atoms with E-state index in [2.05, 4.69) is 16.9 Å². The number of halogens is 1. The molecule has 1 aromatic heterocycles. The summed E-state index contributed by atoms with van der Waals surface area (Å²) in [6, 6.07) is 7.18. The molecule has 0 aliphatic rings. The van der Waals surface area contributed by atoms with E-state index in [0.29, 0.717) is 17.3 Å². The van der Waals surface area contributed by atoms with E-state index in [0.717, 1.165) is 23.6 Å². The molecular weight excluding hydrogens is 320 g/mol. The highest BCUT2D eigenvalue weighted by atomic mass is 35.5. The summed E-state index contributed by atoms with van der Waals surface area (Å²) in [6.45, 7) is 2.99. The molecule has 2 N–H and O–H groups in total. The molecule has 0 spiro atoms. The first kappa shape index (κ1) is 16.7. The average Bonchev–Trinajstić information content (AvgIpc) is 2.95. The van der Waals surface area contributed by atoms with Crippen LogP contribution < -0.4 is 5.73 Å². The Hall–Kier alpha value is -1.66. The van der Waals surface area contributed by atoms with Crippen LogP contribution in [0.25, 0.3) is 0 Å². The number of hydrogen-bond acceptors (Lipinski definition) is 3. The van der Waals surface area contributed by atoms with Crippen molar-refractivity contribution < 1.29 is 4.21 Å². The zero-order valence-corrected chi connectivity index (χ0v) is 14.0. The molecule has 7 heteroatoms. The average molecular weight is 339 g/mol. The van der Waals surface area contributed by atoms with Crippen molar-refractivity contribution in [3.8, 4) is 0 Å². The Balaban J connectivity index is 2.08. The molecule has 2 rings (SSSR count). The topological polar surface area (TPSA) is 73.3 Å². The van der Waals surface area contributed by atoms with Crippen molar-refractivity contribution in [3.05, 3.63) is 42.5 Å². The smallest absolute Gasteiger partial charge is 0.115 e. The number of benzene rings is 1. The molecule has 118 valence electrons. The van der Waals surface area contributed by atoms with Gasteiger partial charge in [-0.05, 0) is 30.7 Å². The van der Waals surface area contributed by atoms with E-state index in [-0.39, 0.29) is 5.88 Å². The number of alkyl halides is 1. The number of nitrogens with two attached hydrogens (primary N) is 1. The quantitative estimate of drug-likeness (QED) is 0.479. The second kappa shape index (κ2) is 8.10. The van der Waals surface area contributed by atoms with Gasteiger partial charge in [-0.25, -0.2) is 9.98 Å². The van der Waals surface area contributed by atoms with Crippen LogP contribution in [0.1, 0.15) is 19.0 Å². The van der Waals surface area contributed by atoms with Crippen molar-refractivity contribution in [2.45, 2.75) is 30.5 Å².